The molecule has 0 aromatic heterocycles. The molecule has 0 saturated heterocycles. The maximum Gasteiger partial charge on any atom is 0.305 e. The maximum atomic E-state index is 12.1. The van der Waals surface area contributed by atoms with Gasteiger partial charge in [0, 0.05) is 17.9 Å². The van der Waals surface area contributed by atoms with Gasteiger partial charge in [0.15, 0.2) is 15.6 Å². The number of hydrogen-bond acceptors (Lipinski definition) is 5. The van der Waals surface area contributed by atoms with Crippen molar-refractivity contribution in [2.45, 2.75) is 31.6 Å². The molecular formula is C15H20O5S. The fourth-order valence-electron chi connectivity index (χ4n) is 1.79. The van der Waals surface area contributed by atoms with Crippen LogP contribution in [0.1, 0.15) is 37.0 Å². The van der Waals surface area contributed by atoms with Crippen LogP contribution in [0.2, 0.25) is 0 Å². The van der Waals surface area contributed by atoms with Crippen LogP contribution in [0, 0.1) is 5.92 Å². The van der Waals surface area contributed by atoms with Crippen LogP contribution in [-0.2, 0) is 19.4 Å². The number of benzene rings is 1. The predicted octanol–water partition coefficient (Wildman–Crippen LogP) is 2.25. The van der Waals surface area contributed by atoms with E-state index in [2.05, 4.69) is 4.74 Å². The summed E-state index contributed by atoms with van der Waals surface area (Å²) in [5.41, 5.74) is 0.499. The lowest BCUT2D eigenvalue weighted by molar-refractivity contribution is -0.140. The summed E-state index contributed by atoms with van der Waals surface area (Å²) in [5.74, 6) is -0.709. The number of hydrogen-bond donors (Lipinski definition) is 0. The Balaban J connectivity index is 2.76. The van der Waals surface area contributed by atoms with Crippen molar-refractivity contribution in [1.29, 1.82) is 0 Å². The van der Waals surface area contributed by atoms with Crippen molar-refractivity contribution in [2.75, 3.05) is 12.9 Å². The summed E-state index contributed by atoms with van der Waals surface area (Å²) in [4.78, 5) is 22.9. The fraction of sp³-hybridized carbons (Fsp3) is 0.467. The van der Waals surface area contributed by atoms with Crippen molar-refractivity contribution in [3.05, 3.63) is 29.8 Å². The van der Waals surface area contributed by atoms with Gasteiger partial charge in [0.2, 0.25) is 0 Å². The van der Waals surface area contributed by atoms with Gasteiger partial charge in [-0.05, 0) is 18.6 Å². The second-order valence-corrected chi connectivity index (χ2v) is 7.15. The first kappa shape index (κ1) is 17.4. The van der Waals surface area contributed by atoms with Gasteiger partial charge in [-0.15, -0.1) is 0 Å². The highest BCUT2D eigenvalue weighted by Gasteiger charge is 2.17. The van der Waals surface area contributed by atoms with Gasteiger partial charge < -0.3 is 4.74 Å². The van der Waals surface area contributed by atoms with Gasteiger partial charge in [0.1, 0.15) is 0 Å². The van der Waals surface area contributed by atoms with Crippen molar-refractivity contribution < 1.29 is 22.7 Å². The highest BCUT2D eigenvalue weighted by molar-refractivity contribution is 7.91. The number of sulfone groups is 1. The van der Waals surface area contributed by atoms with E-state index in [9.17, 15) is 18.0 Å². The van der Waals surface area contributed by atoms with E-state index >= 15 is 0 Å². The van der Waals surface area contributed by atoms with Gasteiger partial charge in [-0.2, -0.15) is 0 Å². The Bertz CT molecular complexity index is 599. The Morgan fingerprint density at radius 3 is 2.19 bits per heavy atom. The molecule has 0 amide bonds. The lowest BCUT2D eigenvalue weighted by Crippen LogP contribution is -2.11. The number of ketones is 1. The highest BCUT2D eigenvalue weighted by Crippen LogP contribution is 2.16. The molecule has 0 aliphatic carbocycles. The topological polar surface area (TPSA) is 77.5 Å². The van der Waals surface area contributed by atoms with Crippen LogP contribution in [0.15, 0.2) is 29.2 Å². The molecule has 0 heterocycles. The number of esters is 1. The van der Waals surface area contributed by atoms with Crippen LogP contribution in [0.25, 0.3) is 0 Å². The number of Topliss-reactive ketones (excluding diaryl/α,β-unsaturated/α-hetero) is 1. The quantitative estimate of drug-likeness (QED) is 0.570. The van der Waals surface area contributed by atoms with E-state index in [1.807, 2.05) is 0 Å². The average Bonchev–Trinajstić information content (AvgIpc) is 2.46. The van der Waals surface area contributed by atoms with Crippen LogP contribution in [0.3, 0.4) is 0 Å². The Hall–Kier alpha value is -1.69. The molecule has 1 aromatic rings. The van der Waals surface area contributed by atoms with Crippen LogP contribution >= 0.6 is 0 Å². The van der Waals surface area contributed by atoms with Gasteiger partial charge in [-0.25, -0.2) is 8.42 Å². The maximum absolute atomic E-state index is 12.1. The van der Waals surface area contributed by atoms with E-state index in [1.54, 1.807) is 13.8 Å². The van der Waals surface area contributed by atoms with E-state index in [1.165, 1.54) is 31.4 Å². The van der Waals surface area contributed by atoms with Crippen molar-refractivity contribution in [1.82, 2.24) is 0 Å². The Labute approximate surface area is 125 Å². The van der Waals surface area contributed by atoms with Crippen LogP contribution in [-0.4, -0.2) is 33.0 Å². The average molecular weight is 312 g/mol. The zero-order chi connectivity index (χ0) is 16.0. The fourth-order valence-corrected chi connectivity index (χ4v) is 3.10. The molecule has 0 N–H and O–H groups in total. The van der Waals surface area contributed by atoms with E-state index in [0.29, 0.717) is 5.56 Å². The Kier molecular flexibility index (Phi) is 6.08. The van der Waals surface area contributed by atoms with Gasteiger partial charge in [0.05, 0.1) is 17.8 Å². The summed E-state index contributed by atoms with van der Waals surface area (Å²) < 4.78 is 28.6. The number of ether oxygens (including phenoxy) is 1. The zero-order valence-corrected chi connectivity index (χ0v) is 13.3. The monoisotopic (exact) mass is 312 g/mol. The Morgan fingerprint density at radius 1 is 1.14 bits per heavy atom. The van der Waals surface area contributed by atoms with Crippen LogP contribution in [0.5, 0.6) is 0 Å². The molecule has 0 radical (unpaired) electrons. The summed E-state index contributed by atoms with van der Waals surface area (Å²) in [6, 6.07) is 5.91. The molecule has 0 unspecified atom stereocenters. The van der Waals surface area contributed by atoms with Crippen molar-refractivity contribution >= 4 is 21.6 Å². The van der Waals surface area contributed by atoms with Gasteiger partial charge in [0.25, 0.3) is 0 Å². The summed E-state index contributed by atoms with van der Waals surface area (Å²) in [5, 5.41) is 0. The molecule has 1 aromatic carbocycles. The molecule has 0 spiro atoms. The number of carbonyl (C=O) groups is 2. The first-order valence-electron chi connectivity index (χ1n) is 6.72. The molecule has 5 nitrogen and oxygen atoms in total. The standard InChI is InChI=1S/C15H20O5S/c1-11(2)15(17)12-6-8-13(9-7-12)21(18,19)10-4-5-14(16)20-3/h6-9,11H,4-5,10H2,1-3H3. The van der Waals surface area contributed by atoms with Crippen LogP contribution in [0.4, 0.5) is 0 Å². The zero-order valence-electron chi connectivity index (χ0n) is 12.5. The van der Waals surface area contributed by atoms with E-state index in [0.717, 1.165) is 0 Å². The second kappa shape index (κ2) is 7.36. The minimum absolute atomic E-state index is 0.0235. The molecule has 0 aliphatic heterocycles. The largest absolute Gasteiger partial charge is 0.469 e. The molecule has 0 fully saturated rings. The van der Waals surface area contributed by atoms with Crippen LogP contribution < -0.4 is 0 Å². The van der Waals surface area contributed by atoms with Crippen molar-refractivity contribution in [3.63, 3.8) is 0 Å². The van der Waals surface area contributed by atoms with E-state index in [-0.39, 0.29) is 35.2 Å². The molecule has 0 saturated carbocycles. The molecule has 1 rings (SSSR count). The SMILES string of the molecule is COC(=O)CCCS(=O)(=O)c1ccc(C(=O)C(C)C)cc1. The number of carbonyl (C=O) groups excluding carboxylic acids is 2. The number of methoxy groups -OCH3 is 1. The molecule has 0 atom stereocenters. The Morgan fingerprint density at radius 2 is 1.71 bits per heavy atom. The number of rotatable bonds is 7. The lowest BCUT2D eigenvalue weighted by atomic mass is 10.0. The molecule has 21 heavy (non-hydrogen) atoms. The van der Waals surface area contributed by atoms with E-state index in [4.69, 9.17) is 0 Å². The molecule has 0 aliphatic rings. The third-order valence-corrected chi connectivity index (χ3v) is 4.86. The minimum atomic E-state index is -3.45. The normalized spacial score (nSPS) is 11.4. The summed E-state index contributed by atoms with van der Waals surface area (Å²) >= 11 is 0. The smallest absolute Gasteiger partial charge is 0.305 e. The van der Waals surface area contributed by atoms with Gasteiger partial charge in [-0.1, -0.05) is 26.0 Å². The lowest BCUT2D eigenvalue weighted by Gasteiger charge is -2.07. The summed E-state index contributed by atoms with van der Waals surface area (Å²) in [6.07, 6.45) is 0.279. The van der Waals surface area contributed by atoms with Crippen molar-refractivity contribution in [2.24, 2.45) is 5.92 Å². The first-order valence-corrected chi connectivity index (χ1v) is 8.37. The first-order chi connectivity index (χ1) is 9.77. The third kappa shape index (κ3) is 4.97. The predicted molar refractivity (Wildman–Crippen MR) is 78.9 cm³/mol. The summed E-state index contributed by atoms with van der Waals surface area (Å²) in [7, 11) is -2.18. The van der Waals surface area contributed by atoms with Crippen molar-refractivity contribution in [3.8, 4) is 0 Å². The van der Waals surface area contributed by atoms with Gasteiger partial charge in [-0.3, -0.25) is 9.59 Å². The second-order valence-electron chi connectivity index (χ2n) is 5.04. The molecule has 116 valence electrons. The molecule has 6 heteroatoms. The summed E-state index contributed by atoms with van der Waals surface area (Å²) in [6.45, 7) is 3.58. The molecule has 0 bridgehead atoms. The van der Waals surface area contributed by atoms with Gasteiger partial charge >= 0.3 is 5.97 Å². The third-order valence-electron chi connectivity index (χ3n) is 3.04. The highest BCUT2D eigenvalue weighted by atomic mass is 32.2. The van der Waals surface area contributed by atoms with E-state index < -0.39 is 15.8 Å². The minimum Gasteiger partial charge on any atom is -0.469 e. The molecular weight excluding hydrogens is 292 g/mol.